The molecule has 0 aliphatic heterocycles. The Bertz CT molecular complexity index is 1480. The van der Waals surface area contributed by atoms with E-state index in [1.54, 1.807) is 46.8 Å². The van der Waals surface area contributed by atoms with Gasteiger partial charge in [0.25, 0.3) is 0 Å². The van der Waals surface area contributed by atoms with Crippen LogP contribution in [-0.2, 0) is 19.2 Å². The molecule has 1 unspecified atom stereocenters. The third kappa shape index (κ3) is 3.69. The third-order valence-electron chi connectivity index (χ3n) is 10.5. The number of Topliss-reactive ketones (excluding diaryl/α,β-unsaturated/α-hetero) is 3. The van der Waals surface area contributed by atoms with Gasteiger partial charge < -0.3 is 20.4 Å². The van der Waals surface area contributed by atoms with E-state index in [1.165, 1.54) is 12.2 Å². The molecule has 0 radical (unpaired) electrons. The standard InChI is InChI=1S/C33H40O8/c1-9-10-20(35)13-11-19-12-14-21-16(4)31(7)18(6)32(8)24(15(2)3)27(37)22(17(5)34)29(39)33(32,41)30(40)25(31)28(38)23(21)26(19)36/h11-16,18,24,36,38-39,41H,9-10H2,1-8H3/b13-11+/t16-,18-,24?,31-,32-,33+/m1/s1. The summed E-state index contributed by atoms with van der Waals surface area (Å²) in [5.74, 6) is -6.96. The van der Waals surface area contributed by atoms with Crippen LogP contribution in [0.25, 0.3) is 11.8 Å². The van der Waals surface area contributed by atoms with Gasteiger partial charge in [-0.25, -0.2) is 0 Å². The second-order valence-electron chi connectivity index (χ2n) is 12.7. The van der Waals surface area contributed by atoms with Crippen LogP contribution in [0.3, 0.4) is 0 Å². The fraction of sp³-hybridized carbons (Fsp3) is 0.515. The van der Waals surface area contributed by atoms with Crippen molar-refractivity contribution in [1.29, 1.82) is 0 Å². The number of ketones is 4. The molecule has 8 nitrogen and oxygen atoms in total. The van der Waals surface area contributed by atoms with Crippen LogP contribution in [0.2, 0.25) is 0 Å². The number of aliphatic hydroxyl groups is 3. The van der Waals surface area contributed by atoms with Crippen LogP contribution in [-0.4, -0.2) is 49.2 Å². The van der Waals surface area contributed by atoms with E-state index in [9.17, 15) is 39.6 Å². The van der Waals surface area contributed by atoms with Crippen molar-refractivity contribution in [3.05, 3.63) is 51.8 Å². The Kier molecular flexibility index (Phi) is 7.27. The second kappa shape index (κ2) is 9.79. The van der Waals surface area contributed by atoms with E-state index < -0.39 is 74.5 Å². The summed E-state index contributed by atoms with van der Waals surface area (Å²) in [5, 5.41) is 46.7. The van der Waals surface area contributed by atoms with Crippen molar-refractivity contribution in [1.82, 2.24) is 0 Å². The maximum absolute atomic E-state index is 14.5. The minimum absolute atomic E-state index is 0.00498. The van der Waals surface area contributed by atoms with Gasteiger partial charge in [0, 0.05) is 34.3 Å². The number of aliphatic hydroxyl groups excluding tert-OH is 2. The van der Waals surface area contributed by atoms with Crippen molar-refractivity contribution in [2.75, 3.05) is 0 Å². The minimum atomic E-state index is -2.68. The number of carbonyl (C=O) groups is 4. The first-order chi connectivity index (χ1) is 18.9. The van der Waals surface area contributed by atoms with E-state index in [0.717, 1.165) is 6.92 Å². The zero-order chi connectivity index (χ0) is 31.0. The number of rotatable bonds is 6. The highest BCUT2D eigenvalue weighted by Gasteiger charge is 2.75. The molecule has 8 heteroatoms. The molecular formula is C33H40O8. The van der Waals surface area contributed by atoms with Gasteiger partial charge in [0.2, 0.25) is 5.78 Å². The van der Waals surface area contributed by atoms with Crippen molar-refractivity contribution < 1.29 is 39.6 Å². The van der Waals surface area contributed by atoms with E-state index in [0.29, 0.717) is 18.4 Å². The molecule has 0 aromatic heterocycles. The minimum Gasteiger partial charge on any atom is -0.508 e. The quantitative estimate of drug-likeness (QED) is 0.266. The summed E-state index contributed by atoms with van der Waals surface area (Å²) in [6, 6.07) is 3.38. The highest BCUT2D eigenvalue weighted by molar-refractivity contribution is 6.24. The summed E-state index contributed by atoms with van der Waals surface area (Å²) in [4.78, 5) is 52.9. The Labute approximate surface area is 240 Å². The van der Waals surface area contributed by atoms with Gasteiger partial charge in [-0.05, 0) is 48.8 Å². The van der Waals surface area contributed by atoms with Gasteiger partial charge in [-0.1, -0.05) is 60.6 Å². The van der Waals surface area contributed by atoms with Crippen molar-refractivity contribution >= 4 is 35.0 Å². The molecule has 0 saturated heterocycles. The van der Waals surface area contributed by atoms with Crippen molar-refractivity contribution in [2.24, 2.45) is 28.6 Å². The molecule has 0 heterocycles. The molecule has 4 N–H and O–H groups in total. The van der Waals surface area contributed by atoms with Gasteiger partial charge in [0.05, 0.1) is 5.56 Å². The number of fused-ring (bicyclic) bond motifs is 3. The zero-order valence-corrected chi connectivity index (χ0v) is 25.0. The lowest BCUT2D eigenvalue weighted by molar-refractivity contribution is -0.195. The monoisotopic (exact) mass is 564 g/mol. The van der Waals surface area contributed by atoms with Gasteiger partial charge in [-0.15, -0.1) is 0 Å². The third-order valence-corrected chi connectivity index (χ3v) is 10.5. The molecule has 1 aromatic rings. The second-order valence-corrected chi connectivity index (χ2v) is 12.7. The molecule has 41 heavy (non-hydrogen) atoms. The van der Waals surface area contributed by atoms with Crippen LogP contribution in [0, 0.1) is 28.6 Å². The first-order valence-electron chi connectivity index (χ1n) is 14.2. The molecule has 3 aliphatic rings. The predicted molar refractivity (Wildman–Crippen MR) is 154 cm³/mol. The first-order valence-corrected chi connectivity index (χ1v) is 14.2. The number of hydrogen-bond acceptors (Lipinski definition) is 8. The summed E-state index contributed by atoms with van der Waals surface area (Å²) in [5.41, 5.74) is -5.34. The van der Waals surface area contributed by atoms with E-state index in [1.807, 2.05) is 13.8 Å². The maximum atomic E-state index is 14.5. The SMILES string of the molecule is CCCC(=O)/C=C/c1ccc2c(c1O)C(O)=C1C(=O)[C@@]3(O)C(O)=C(C(C)=O)C(=O)C(C(C)C)[C@@]3(C)[C@H](C)[C@@]1(C)[C@@H]2C. The molecule has 3 aliphatic carbocycles. The van der Waals surface area contributed by atoms with Crippen LogP contribution < -0.4 is 0 Å². The highest BCUT2D eigenvalue weighted by Crippen LogP contribution is 2.70. The van der Waals surface area contributed by atoms with Crippen molar-refractivity contribution in [2.45, 2.75) is 79.8 Å². The normalized spacial score (nSPS) is 33.3. The molecule has 220 valence electrons. The fourth-order valence-corrected chi connectivity index (χ4v) is 8.02. The number of hydrogen-bond donors (Lipinski definition) is 4. The maximum Gasteiger partial charge on any atom is 0.203 e. The molecule has 1 saturated carbocycles. The lowest BCUT2D eigenvalue weighted by Crippen LogP contribution is -2.72. The van der Waals surface area contributed by atoms with E-state index in [-0.39, 0.29) is 28.2 Å². The van der Waals surface area contributed by atoms with Gasteiger partial charge >= 0.3 is 0 Å². The van der Waals surface area contributed by atoms with Crippen molar-refractivity contribution in [3.63, 3.8) is 0 Å². The number of aromatic hydroxyl groups is 1. The average Bonchev–Trinajstić information content (AvgIpc) is 2.88. The number of phenolic OH excluding ortho intramolecular Hbond substituents is 1. The largest absolute Gasteiger partial charge is 0.508 e. The molecule has 1 fully saturated rings. The van der Waals surface area contributed by atoms with Crippen molar-refractivity contribution in [3.8, 4) is 5.75 Å². The van der Waals surface area contributed by atoms with Gasteiger partial charge in [-0.3, -0.25) is 19.2 Å². The number of phenols is 1. The average molecular weight is 565 g/mol. The summed E-state index contributed by atoms with van der Waals surface area (Å²) >= 11 is 0. The predicted octanol–water partition coefficient (Wildman–Crippen LogP) is 5.38. The van der Waals surface area contributed by atoms with E-state index >= 15 is 0 Å². The number of benzene rings is 1. The molecule has 1 aromatic carbocycles. The van der Waals surface area contributed by atoms with Gasteiger partial charge in [0.1, 0.15) is 22.8 Å². The van der Waals surface area contributed by atoms with E-state index in [4.69, 9.17) is 0 Å². The topological polar surface area (TPSA) is 149 Å². The highest BCUT2D eigenvalue weighted by atomic mass is 16.3. The Morgan fingerprint density at radius 2 is 1.68 bits per heavy atom. The summed E-state index contributed by atoms with van der Waals surface area (Å²) in [6.07, 6.45) is 3.81. The zero-order valence-electron chi connectivity index (χ0n) is 25.0. The molecular weight excluding hydrogens is 524 g/mol. The first kappa shape index (κ1) is 30.4. The Morgan fingerprint density at radius 1 is 1.07 bits per heavy atom. The lowest BCUT2D eigenvalue weighted by Gasteiger charge is -2.64. The van der Waals surface area contributed by atoms with Crippen LogP contribution in [0.15, 0.2) is 35.1 Å². The molecule has 0 spiro atoms. The number of carbonyl (C=O) groups excluding carboxylic acids is 4. The number of allylic oxidation sites excluding steroid dienone is 2. The van der Waals surface area contributed by atoms with Crippen LogP contribution in [0.4, 0.5) is 0 Å². The van der Waals surface area contributed by atoms with E-state index in [2.05, 4.69) is 0 Å². The van der Waals surface area contributed by atoms with Gasteiger partial charge in [0.15, 0.2) is 23.0 Å². The Balaban J connectivity index is 2.07. The summed E-state index contributed by atoms with van der Waals surface area (Å²) < 4.78 is 0. The molecule has 6 atom stereocenters. The Hall–Kier alpha value is -3.52. The molecule has 4 rings (SSSR count). The lowest BCUT2D eigenvalue weighted by atomic mass is 9.38. The smallest absolute Gasteiger partial charge is 0.203 e. The van der Waals surface area contributed by atoms with Crippen LogP contribution >= 0.6 is 0 Å². The summed E-state index contributed by atoms with van der Waals surface area (Å²) in [7, 11) is 0. The van der Waals surface area contributed by atoms with Crippen LogP contribution in [0.1, 0.15) is 90.8 Å². The molecule has 0 amide bonds. The fourth-order valence-electron chi connectivity index (χ4n) is 8.02. The summed E-state index contributed by atoms with van der Waals surface area (Å²) in [6.45, 7) is 13.6. The molecule has 0 bridgehead atoms. The Morgan fingerprint density at radius 3 is 2.22 bits per heavy atom. The van der Waals surface area contributed by atoms with Gasteiger partial charge in [-0.2, -0.15) is 0 Å². The van der Waals surface area contributed by atoms with Crippen LogP contribution in [0.5, 0.6) is 5.75 Å².